The van der Waals surface area contributed by atoms with Gasteiger partial charge >= 0.3 is 0 Å². The van der Waals surface area contributed by atoms with Crippen molar-refractivity contribution in [2.75, 3.05) is 13.2 Å². The van der Waals surface area contributed by atoms with Crippen LogP contribution >= 0.6 is 11.6 Å². The van der Waals surface area contributed by atoms with Crippen molar-refractivity contribution in [3.63, 3.8) is 0 Å². The molecule has 1 N–H and O–H groups in total. The lowest BCUT2D eigenvalue weighted by Gasteiger charge is -2.18. The van der Waals surface area contributed by atoms with Crippen LogP contribution < -0.4 is 14.8 Å². The van der Waals surface area contributed by atoms with Gasteiger partial charge in [0.2, 0.25) is 0 Å². The molecular weight excluding hydrogens is 294 g/mol. The van der Waals surface area contributed by atoms with E-state index >= 15 is 0 Å². The summed E-state index contributed by atoms with van der Waals surface area (Å²) in [5.74, 6) is 1.10. The van der Waals surface area contributed by atoms with E-state index in [1.165, 1.54) is 12.1 Å². The second-order valence-corrected chi connectivity index (χ2v) is 4.79. The molecule has 0 bridgehead atoms. The second kappa shape index (κ2) is 5.97. The molecule has 0 atom stereocenters. The summed E-state index contributed by atoms with van der Waals surface area (Å²) in [6, 6.07) is 8.60. The van der Waals surface area contributed by atoms with E-state index in [9.17, 15) is 4.79 Å². The Kier molecular flexibility index (Phi) is 3.87. The zero-order valence-electron chi connectivity index (χ0n) is 11.0. The van der Waals surface area contributed by atoms with Gasteiger partial charge in [-0.1, -0.05) is 17.7 Å². The first kappa shape index (κ1) is 13.6. The maximum atomic E-state index is 11.9. The summed E-state index contributed by atoms with van der Waals surface area (Å²) in [6.45, 7) is 1.45. The van der Waals surface area contributed by atoms with Crippen molar-refractivity contribution in [2.24, 2.45) is 0 Å². The van der Waals surface area contributed by atoms with Gasteiger partial charge in [0, 0.05) is 6.54 Å². The van der Waals surface area contributed by atoms with Gasteiger partial charge in [0.15, 0.2) is 22.3 Å². The van der Waals surface area contributed by atoms with Crippen LogP contribution in [0.15, 0.2) is 30.3 Å². The maximum Gasteiger partial charge on any atom is 0.272 e. The van der Waals surface area contributed by atoms with Crippen molar-refractivity contribution in [3.8, 4) is 11.5 Å². The number of halogens is 1. The average Bonchev–Trinajstić information content (AvgIpc) is 2.53. The number of amides is 1. The fourth-order valence-corrected chi connectivity index (χ4v) is 2.01. The minimum absolute atomic E-state index is 0.219. The summed E-state index contributed by atoms with van der Waals surface area (Å²) in [7, 11) is 0. The van der Waals surface area contributed by atoms with Gasteiger partial charge in [-0.3, -0.25) is 4.79 Å². The smallest absolute Gasteiger partial charge is 0.272 e. The van der Waals surface area contributed by atoms with Crippen LogP contribution in [0.2, 0.25) is 5.15 Å². The molecule has 2 aromatic rings. The largest absolute Gasteiger partial charge is 0.486 e. The van der Waals surface area contributed by atoms with E-state index in [4.69, 9.17) is 21.1 Å². The lowest BCUT2D eigenvalue weighted by atomic mass is 10.2. The maximum absolute atomic E-state index is 11.9. The number of fused-ring (bicyclic) bond motifs is 1. The number of rotatable bonds is 3. The first-order valence-electron chi connectivity index (χ1n) is 6.38. The van der Waals surface area contributed by atoms with Gasteiger partial charge in [-0.15, -0.1) is 10.2 Å². The van der Waals surface area contributed by atoms with Crippen molar-refractivity contribution >= 4 is 17.5 Å². The van der Waals surface area contributed by atoms with Gasteiger partial charge in [0.25, 0.3) is 5.91 Å². The Morgan fingerprint density at radius 1 is 1.14 bits per heavy atom. The summed E-state index contributed by atoms with van der Waals surface area (Å²) in [5.41, 5.74) is 1.13. The van der Waals surface area contributed by atoms with Crippen LogP contribution in [0.5, 0.6) is 11.5 Å². The minimum Gasteiger partial charge on any atom is -0.486 e. The third-order valence-corrected chi connectivity index (χ3v) is 3.13. The van der Waals surface area contributed by atoms with E-state index in [1.807, 2.05) is 18.2 Å². The number of nitrogens with zero attached hydrogens (tertiary/aromatic N) is 2. The van der Waals surface area contributed by atoms with Crippen molar-refractivity contribution in [1.82, 2.24) is 15.5 Å². The highest BCUT2D eigenvalue weighted by atomic mass is 35.5. The van der Waals surface area contributed by atoms with Gasteiger partial charge in [0.05, 0.1) is 0 Å². The molecule has 0 unspecified atom stereocenters. The highest BCUT2D eigenvalue weighted by Gasteiger charge is 2.12. The molecule has 0 spiro atoms. The zero-order valence-corrected chi connectivity index (χ0v) is 11.8. The molecule has 1 amide bonds. The third kappa shape index (κ3) is 3.22. The van der Waals surface area contributed by atoms with Gasteiger partial charge in [0.1, 0.15) is 13.2 Å². The Morgan fingerprint density at radius 2 is 1.95 bits per heavy atom. The number of nitrogens with one attached hydrogen (secondary N) is 1. The first-order valence-corrected chi connectivity index (χ1v) is 6.76. The van der Waals surface area contributed by atoms with Crippen LogP contribution in [0, 0.1) is 0 Å². The van der Waals surface area contributed by atoms with Crippen LogP contribution in [0.3, 0.4) is 0 Å². The van der Waals surface area contributed by atoms with E-state index in [0.29, 0.717) is 25.5 Å². The molecule has 6 nitrogen and oxygen atoms in total. The van der Waals surface area contributed by atoms with Crippen LogP contribution in [0.25, 0.3) is 0 Å². The van der Waals surface area contributed by atoms with Crippen LogP contribution in [-0.2, 0) is 6.54 Å². The van der Waals surface area contributed by atoms with Crippen LogP contribution in [0.4, 0.5) is 0 Å². The minimum atomic E-state index is -0.311. The monoisotopic (exact) mass is 305 g/mol. The summed E-state index contributed by atoms with van der Waals surface area (Å²) < 4.78 is 10.9. The molecule has 7 heteroatoms. The summed E-state index contributed by atoms with van der Waals surface area (Å²) >= 11 is 5.63. The number of benzene rings is 1. The van der Waals surface area contributed by atoms with E-state index in [0.717, 1.165) is 11.3 Å². The fourth-order valence-electron chi connectivity index (χ4n) is 1.91. The molecule has 108 valence electrons. The number of ether oxygens (including phenoxy) is 2. The Morgan fingerprint density at radius 3 is 2.71 bits per heavy atom. The molecule has 21 heavy (non-hydrogen) atoms. The van der Waals surface area contributed by atoms with E-state index in [2.05, 4.69) is 15.5 Å². The Bertz CT molecular complexity index is 661. The Hall–Kier alpha value is -2.34. The molecule has 2 heterocycles. The normalized spacial score (nSPS) is 12.8. The molecule has 1 aromatic carbocycles. The second-order valence-electron chi connectivity index (χ2n) is 4.40. The topological polar surface area (TPSA) is 73.3 Å². The zero-order chi connectivity index (χ0) is 14.7. The molecule has 1 aliphatic rings. The number of aromatic nitrogens is 2. The first-order chi connectivity index (χ1) is 10.2. The summed E-state index contributed by atoms with van der Waals surface area (Å²) in [4.78, 5) is 11.9. The number of hydrogen-bond acceptors (Lipinski definition) is 5. The van der Waals surface area contributed by atoms with Gasteiger partial charge in [-0.2, -0.15) is 0 Å². The number of hydrogen-bond donors (Lipinski definition) is 1. The van der Waals surface area contributed by atoms with Crippen molar-refractivity contribution < 1.29 is 14.3 Å². The van der Waals surface area contributed by atoms with Crippen molar-refractivity contribution in [2.45, 2.75) is 6.54 Å². The SMILES string of the molecule is O=C(NCc1ccc2c(c1)OCCO2)c1ccc(Cl)nn1. The quantitative estimate of drug-likeness (QED) is 0.936. The highest BCUT2D eigenvalue weighted by molar-refractivity contribution is 6.29. The Balaban J connectivity index is 1.64. The molecular formula is C14H12ClN3O3. The third-order valence-electron chi connectivity index (χ3n) is 2.92. The number of carbonyl (C=O) groups is 1. The lowest BCUT2D eigenvalue weighted by Crippen LogP contribution is -2.24. The average molecular weight is 306 g/mol. The molecule has 1 aliphatic heterocycles. The van der Waals surface area contributed by atoms with E-state index in [1.54, 1.807) is 0 Å². The van der Waals surface area contributed by atoms with E-state index < -0.39 is 0 Å². The molecule has 3 rings (SSSR count). The van der Waals surface area contributed by atoms with Gasteiger partial charge in [-0.05, 0) is 29.8 Å². The molecule has 0 radical (unpaired) electrons. The lowest BCUT2D eigenvalue weighted by molar-refractivity contribution is 0.0944. The fraction of sp³-hybridized carbons (Fsp3) is 0.214. The van der Waals surface area contributed by atoms with E-state index in [-0.39, 0.29) is 16.8 Å². The van der Waals surface area contributed by atoms with Gasteiger partial charge in [-0.25, -0.2) is 0 Å². The van der Waals surface area contributed by atoms with Gasteiger partial charge < -0.3 is 14.8 Å². The highest BCUT2D eigenvalue weighted by Crippen LogP contribution is 2.30. The predicted molar refractivity (Wildman–Crippen MR) is 75.6 cm³/mol. The standard InChI is InChI=1S/C14H12ClN3O3/c15-13-4-2-10(17-18-13)14(19)16-8-9-1-3-11-12(7-9)21-6-5-20-11/h1-4,7H,5-6,8H2,(H,16,19). The summed E-state index contributed by atoms with van der Waals surface area (Å²) in [5, 5.41) is 10.4. The van der Waals surface area contributed by atoms with Crippen molar-refractivity contribution in [3.05, 3.63) is 46.7 Å². The molecule has 1 aromatic heterocycles. The molecule has 0 saturated heterocycles. The van der Waals surface area contributed by atoms with Crippen LogP contribution in [-0.4, -0.2) is 29.3 Å². The molecule has 0 fully saturated rings. The molecule has 0 saturated carbocycles. The number of carbonyl (C=O) groups excluding carboxylic acids is 1. The molecule has 0 aliphatic carbocycles. The van der Waals surface area contributed by atoms with Crippen molar-refractivity contribution in [1.29, 1.82) is 0 Å². The van der Waals surface area contributed by atoms with Crippen LogP contribution in [0.1, 0.15) is 16.1 Å². The Labute approximate surface area is 126 Å². The summed E-state index contributed by atoms with van der Waals surface area (Å²) in [6.07, 6.45) is 0. The predicted octanol–water partition coefficient (Wildman–Crippen LogP) is 1.83.